The number of nitrogens with one attached hydrogen (secondary N) is 2. The van der Waals surface area contributed by atoms with Crippen LogP contribution >= 0.6 is 15.9 Å². The highest BCUT2D eigenvalue weighted by atomic mass is 79.9. The van der Waals surface area contributed by atoms with Crippen molar-refractivity contribution in [2.45, 2.75) is 18.9 Å². The summed E-state index contributed by atoms with van der Waals surface area (Å²) in [7, 11) is 0. The van der Waals surface area contributed by atoms with E-state index in [-0.39, 0.29) is 11.8 Å². The summed E-state index contributed by atoms with van der Waals surface area (Å²) in [5.74, 6) is 0.0128. The van der Waals surface area contributed by atoms with Crippen molar-refractivity contribution in [3.63, 3.8) is 0 Å². The SMILES string of the molecule is O=C1CC[C@@H](C(=O)Nc2cnc(Br)cn2)N1. The first-order valence-corrected chi connectivity index (χ1v) is 5.52. The van der Waals surface area contributed by atoms with Gasteiger partial charge in [-0.15, -0.1) is 0 Å². The maximum Gasteiger partial charge on any atom is 0.248 e. The summed E-state index contributed by atoms with van der Waals surface area (Å²) in [5.41, 5.74) is 0. The monoisotopic (exact) mass is 284 g/mol. The van der Waals surface area contributed by atoms with E-state index < -0.39 is 6.04 Å². The zero-order valence-electron chi connectivity index (χ0n) is 8.24. The lowest BCUT2D eigenvalue weighted by Crippen LogP contribution is -2.37. The topological polar surface area (TPSA) is 84.0 Å². The number of nitrogens with zero attached hydrogens (tertiary/aromatic N) is 2. The summed E-state index contributed by atoms with van der Waals surface area (Å²) in [6.07, 6.45) is 3.85. The van der Waals surface area contributed by atoms with Crippen molar-refractivity contribution in [1.29, 1.82) is 0 Å². The lowest BCUT2D eigenvalue weighted by molar-refractivity contribution is -0.122. The molecule has 0 unspecified atom stereocenters. The molecule has 1 fully saturated rings. The first-order valence-electron chi connectivity index (χ1n) is 4.73. The van der Waals surface area contributed by atoms with Crippen LogP contribution in [0.4, 0.5) is 5.82 Å². The molecule has 0 bridgehead atoms. The standard InChI is InChI=1S/C9H9BrN4O2/c10-6-3-12-7(4-11-6)14-9(16)5-1-2-8(15)13-5/h3-5H,1-2H2,(H,13,15)(H,12,14,16)/t5-/m0/s1. The molecule has 1 aliphatic heterocycles. The van der Waals surface area contributed by atoms with Crippen LogP contribution in [-0.4, -0.2) is 27.8 Å². The predicted molar refractivity (Wildman–Crippen MR) is 59.5 cm³/mol. The van der Waals surface area contributed by atoms with Gasteiger partial charge in [0.05, 0.1) is 12.4 Å². The number of aromatic nitrogens is 2. The maximum atomic E-state index is 11.6. The maximum absolute atomic E-state index is 11.6. The molecule has 1 saturated heterocycles. The van der Waals surface area contributed by atoms with E-state index in [1.807, 2.05) is 0 Å². The molecule has 1 aromatic rings. The normalized spacial score (nSPS) is 19.3. The van der Waals surface area contributed by atoms with E-state index >= 15 is 0 Å². The van der Waals surface area contributed by atoms with Crippen molar-refractivity contribution in [3.05, 3.63) is 17.0 Å². The molecule has 0 radical (unpaired) electrons. The van der Waals surface area contributed by atoms with Crippen molar-refractivity contribution in [1.82, 2.24) is 15.3 Å². The molecule has 7 heteroatoms. The third-order valence-corrected chi connectivity index (χ3v) is 2.59. The Morgan fingerprint density at radius 3 is 2.88 bits per heavy atom. The summed E-state index contributed by atoms with van der Waals surface area (Å²) in [6.45, 7) is 0. The highest BCUT2D eigenvalue weighted by Gasteiger charge is 2.27. The highest BCUT2D eigenvalue weighted by molar-refractivity contribution is 9.10. The first-order chi connectivity index (χ1) is 7.65. The predicted octanol–water partition coefficient (Wildman–Crippen LogP) is 0.456. The summed E-state index contributed by atoms with van der Waals surface area (Å²) >= 11 is 3.14. The van der Waals surface area contributed by atoms with Gasteiger partial charge in [0, 0.05) is 6.42 Å². The van der Waals surface area contributed by atoms with Crippen LogP contribution < -0.4 is 10.6 Å². The van der Waals surface area contributed by atoms with Gasteiger partial charge in [0.1, 0.15) is 10.6 Å². The zero-order valence-corrected chi connectivity index (χ0v) is 9.82. The van der Waals surface area contributed by atoms with Gasteiger partial charge in [0.15, 0.2) is 5.82 Å². The van der Waals surface area contributed by atoms with Gasteiger partial charge in [-0.05, 0) is 22.4 Å². The van der Waals surface area contributed by atoms with E-state index in [9.17, 15) is 9.59 Å². The lowest BCUT2D eigenvalue weighted by atomic mass is 10.2. The van der Waals surface area contributed by atoms with E-state index in [0.717, 1.165) is 0 Å². The third-order valence-electron chi connectivity index (χ3n) is 2.18. The molecule has 0 aliphatic carbocycles. The number of amides is 2. The fourth-order valence-corrected chi connectivity index (χ4v) is 1.61. The molecule has 2 rings (SSSR count). The molecule has 2 amide bonds. The molecule has 16 heavy (non-hydrogen) atoms. The van der Waals surface area contributed by atoms with E-state index in [1.165, 1.54) is 12.4 Å². The van der Waals surface area contributed by atoms with Crippen LogP contribution in [0.25, 0.3) is 0 Å². The fraction of sp³-hybridized carbons (Fsp3) is 0.333. The van der Waals surface area contributed by atoms with Crippen molar-refractivity contribution < 1.29 is 9.59 Å². The molecular weight excluding hydrogens is 276 g/mol. The van der Waals surface area contributed by atoms with Crippen LogP contribution in [0, 0.1) is 0 Å². The van der Waals surface area contributed by atoms with Crippen LogP contribution in [0.3, 0.4) is 0 Å². The summed E-state index contributed by atoms with van der Waals surface area (Å²) in [6, 6.07) is -0.460. The largest absolute Gasteiger partial charge is 0.344 e. The lowest BCUT2D eigenvalue weighted by Gasteiger charge is -2.09. The Bertz CT molecular complexity index is 420. The number of carbonyl (C=O) groups excluding carboxylic acids is 2. The van der Waals surface area contributed by atoms with Crippen LogP contribution in [-0.2, 0) is 9.59 Å². The van der Waals surface area contributed by atoms with Crippen LogP contribution in [0.15, 0.2) is 17.0 Å². The summed E-state index contributed by atoms with van der Waals surface area (Å²) in [4.78, 5) is 30.5. The van der Waals surface area contributed by atoms with Crippen molar-refractivity contribution in [2.75, 3.05) is 5.32 Å². The molecule has 0 spiro atoms. The van der Waals surface area contributed by atoms with E-state index in [1.54, 1.807) is 0 Å². The number of halogens is 1. The average Bonchev–Trinajstić information content (AvgIpc) is 2.68. The second-order valence-electron chi connectivity index (χ2n) is 3.37. The molecule has 6 nitrogen and oxygen atoms in total. The smallest absolute Gasteiger partial charge is 0.248 e. The van der Waals surface area contributed by atoms with Gasteiger partial charge >= 0.3 is 0 Å². The number of carbonyl (C=O) groups is 2. The Labute approximate surface area is 100.0 Å². The second kappa shape index (κ2) is 4.56. The molecule has 2 heterocycles. The third kappa shape index (κ3) is 2.54. The Morgan fingerprint density at radius 1 is 1.50 bits per heavy atom. The molecule has 2 N–H and O–H groups in total. The molecule has 1 aliphatic rings. The Hall–Kier alpha value is -1.50. The van der Waals surface area contributed by atoms with Crippen molar-refractivity contribution in [3.8, 4) is 0 Å². The molecule has 1 aromatic heterocycles. The summed E-state index contributed by atoms with van der Waals surface area (Å²) < 4.78 is 0.597. The Kier molecular flexibility index (Phi) is 3.14. The first kappa shape index (κ1) is 11.0. The minimum absolute atomic E-state index is 0.0953. The minimum Gasteiger partial charge on any atom is -0.344 e. The molecule has 0 saturated carbocycles. The number of anilines is 1. The minimum atomic E-state index is -0.460. The fourth-order valence-electron chi connectivity index (χ4n) is 1.40. The van der Waals surface area contributed by atoms with Gasteiger partial charge in [-0.25, -0.2) is 9.97 Å². The molecule has 1 atom stereocenters. The number of hydrogen-bond acceptors (Lipinski definition) is 4. The highest BCUT2D eigenvalue weighted by Crippen LogP contribution is 2.10. The van der Waals surface area contributed by atoms with Gasteiger partial charge in [-0.3, -0.25) is 9.59 Å². The van der Waals surface area contributed by atoms with Crippen LogP contribution in [0.2, 0.25) is 0 Å². The van der Waals surface area contributed by atoms with Gasteiger partial charge in [0.2, 0.25) is 11.8 Å². The average molecular weight is 285 g/mol. The van der Waals surface area contributed by atoms with E-state index in [2.05, 4.69) is 36.5 Å². The van der Waals surface area contributed by atoms with Gasteiger partial charge < -0.3 is 10.6 Å². The molecule has 84 valence electrons. The van der Waals surface area contributed by atoms with E-state index in [0.29, 0.717) is 23.3 Å². The summed E-state index contributed by atoms with van der Waals surface area (Å²) in [5, 5.41) is 5.16. The number of rotatable bonds is 2. The van der Waals surface area contributed by atoms with Crippen LogP contribution in [0.5, 0.6) is 0 Å². The Balaban J connectivity index is 1.97. The van der Waals surface area contributed by atoms with Gasteiger partial charge in [-0.1, -0.05) is 0 Å². The van der Waals surface area contributed by atoms with Gasteiger partial charge in [-0.2, -0.15) is 0 Å². The quantitative estimate of drug-likeness (QED) is 0.826. The van der Waals surface area contributed by atoms with Crippen molar-refractivity contribution in [2.24, 2.45) is 0 Å². The number of hydrogen-bond donors (Lipinski definition) is 2. The van der Waals surface area contributed by atoms with Gasteiger partial charge in [0.25, 0.3) is 0 Å². The van der Waals surface area contributed by atoms with Crippen LogP contribution in [0.1, 0.15) is 12.8 Å². The molecule has 0 aromatic carbocycles. The Morgan fingerprint density at radius 2 is 2.31 bits per heavy atom. The zero-order chi connectivity index (χ0) is 11.5. The second-order valence-corrected chi connectivity index (χ2v) is 4.18. The molecular formula is C9H9BrN4O2. The van der Waals surface area contributed by atoms with Crippen molar-refractivity contribution >= 4 is 33.6 Å². The van der Waals surface area contributed by atoms with E-state index in [4.69, 9.17) is 0 Å².